The summed E-state index contributed by atoms with van der Waals surface area (Å²) in [5.41, 5.74) is 25.8. The maximum Gasteiger partial charge on any atom is 0.0726 e. The molecule has 0 bridgehead atoms. The number of hydrogen-bond donors (Lipinski definition) is 0. The third kappa shape index (κ3) is 5.39. The molecule has 0 saturated carbocycles. The minimum atomic E-state index is -0.575. The lowest BCUT2D eigenvalue weighted by atomic mass is 9.70. The van der Waals surface area contributed by atoms with E-state index >= 15 is 0 Å². The molecule has 0 N–H and O–H groups in total. The smallest absolute Gasteiger partial charge is 0.0726 e. The molecule has 65 heavy (non-hydrogen) atoms. The Morgan fingerprint density at radius 2 is 0.738 bits per heavy atom. The molecule has 3 aliphatic carbocycles. The van der Waals surface area contributed by atoms with Gasteiger partial charge in [0.15, 0.2) is 0 Å². The number of rotatable bonds is 6. The zero-order chi connectivity index (χ0) is 43.3. The molecule has 1 heteroatoms. The molecule has 1 nitrogen and oxygen atoms in total. The summed E-state index contributed by atoms with van der Waals surface area (Å²) < 4.78 is 0. The Hall–Kier alpha value is -8.00. The van der Waals surface area contributed by atoms with Gasteiger partial charge in [0.1, 0.15) is 0 Å². The van der Waals surface area contributed by atoms with Crippen LogP contribution in [0.3, 0.4) is 0 Å². The van der Waals surface area contributed by atoms with Gasteiger partial charge in [-0.3, -0.25) is 0 Å². The normalized spacial score (nSPS) is 15.4. The SMILES string of the molecule is CC1(C)c2ccccc2-c2ccc(N(c3ccc4c(c3)C3(c5ccccc5-c5ccc(-c6ccccc6)cc53)c3cccc(-c5ccccc5)c3-4)c3ccccc3-c3ccccc3)cc21. The molecule has 13 rings (SSSR count). The molecule has 10 aromatic carbocycles. The highest BCUT2D eigenvalue weighted by atomic mass is 15.1. The van der Waals surface area contributed by atoms with E-state index in [1.807, 2.05) is 0 Å². The Morgan fingerprint density at radius 3 is 1.45 bits per heavy atom. The van der Waals surface area contributed by atoms with Gasteiger partial charge >= 0.3 is 0 Å². The molecule has 0 saturated heterocycles. The second-order valence-electron chi connectivity index (χ2n) is 18.4. The molecule has 0 heterocycles. The Kier molecular flexibility index (Phi) is 8.24. The third-order valence-corrected chi connectivity index (χ3v) is 14.7. The van der Waals surface area contributed by atoms with Crippen LogP contribution in [0.4, 0.5) is 17.1 Å². The number of anilines is 3. The van der Waals surface area contributed by atoms with Gasteiger partial charge in [-0.1, -0.05) is 214 Å². The summed E-state index contributed by atoms with van der Waals surface area (Å²) in [4.78, 5) is 2.53. The summed E-state index contributed by atoms with van der Waals surface area (Å²) in [6.45, 7) is 4.76. The molecule has 1 atom stereocenters. The first-order valence-electron chi connectivity index (χ1n) is 22.8. The largest absolute Gasteiger partial charge is 0.310 e. The molecule has 10 aromatic rings. The van der Waals surface area contributed by atoms with Crippen molar-refractivity contribution < 1.29 is 0 Å². The summed E-state index contributed by atoms with van der Waals surface area (Å²) >= 11 is 0. The number of fused-ring (bicyclic) bond motifs is 13. The van der Waals surface area contributed by atoms with Crippen molar-refractivity contribution in [3.63, 3.8) is 0 Å². The predicted molar refractivity (Wildman–Crippen MR) is 271 cm³/mol. The highest BCUT2D eigenvalue weighted by Crippen LogP contribution is 2.65. The van der Waals surface area contributed by atoms with Crippen LogP contribution in [0.15, 0.2) is 237 Å². The highest BCUT2D eigenvalue weighted by Gasteiger charge is 2.52. The van der Waals surface area contributed by atoms with Crippen molar-refractivity contribution in [3.05, 3.63) is 270 Å². The van der Waals surface area contributed by atoms with Crippen LogP contribution in [-0.4, -0.2) is 0 Å². The molecule has 306 valence electrons. The topological polar surface area (TPSA) is 3.24 Å². The third-order valence-electron chi connectivity index (χ3n) is 14.7. The highest BCUT2D eigenvalue weighted by molar-refractivity contribution is 6.02. The van der Waals surface area contributed by atoms with Crippen molar-refractivity contribution in [2.75, 3.05) is 4.90 Å². The van der Waals surface area contributed by atoms with Gasteiger partial charge in [-0.2, -0.15) is 0 Å². The summed E-state index contributed by atoms with van der Waals surface area (Å²) in [7, 11) is 0. The lowest BCUT2D eigenvalue weighted by Crippen LogP contribution is -2.26. The van der Waals surface area contributed by atoms with E-state index in [0.717, 1.165) is 17.1 Å². The maximum absolute atomic E-state index is 2.54. The molecule has 1 spiro atoms. The number of hydrogen-bond acceptors (Lipinski definition) is 1. The molecule has 0 aromatic heterocycles. The van der Waals surface area contributed by atoms with E-state index in [2.05, 4.69) is 255 Å². The van der Waals surface area contributed by atoms with Crippen molar-refractivity contribution >= 4 is 17.1 Å². The average Bonchev–Trinajstić information content (AvgIpc) is 3.93. The van der Waals surface area contributed by atoms with E-state index in [1.165, 1.54) is 100 Å². The number of para-hydroxylation sites is 1. The fraction of sp³-hybridized carbons (Fsp3) is 0.0625. The lowest BCUT2D eigenvalue weighted by molar-refractivity contribution is 0.660. The summed E-state index contributed by atoms with van der Waals surface area (Å²) in [5.74, 6) is 0. The minimum absolute atomic E-state index is 0.155. The first kappa shape index (κ1) is 37.5. The van der Waals surface area contributed by atoms with E-state index in [4.69, 9.17) is 0 Å². The van der Waals surface area contributed by atoms with Crippen LogP contribution in [0.1, 0.15) is 47.2 Å². The van der Waals surface area contributed by atoms with Gasteiger partial charge in [0.05, 0.1) is 11.1 Å². The minimum Gasteiger partial charge on any atom is -0.310 e. The van der Waals surface area contributed by atoms with Gasteiger partial charge in [0.2, 0.25) is 0 Å². The van der Waals surface area contributed by atoms with Crippen molar-refractivity contribution in [1.29, 1.82) is 0 Å². The molecule has 3 aliphatic rings. The number of nitrogens with zero attached hydrogens (tertiary/aromatic N) is 1. The van der Waals surface area contributed by atoms with Crippen molar-refractivity contribution in [1.82, 2.24) is 0 Å². The van der Waals surface area contributed by atoms with Gasteiger partial charge in [-0.15, -0.1) is 0 Å². The van der Waals surface area contributed by atoms with E-state index in [0.29, 0.717) is 0 Å². The molecule has 0 fully saturated rings. The molecular weight excluding hydrogens is 783 g/mol. The van der Waals surface area contributed by atoms with Crippen molar-refractivity contribution in [3.8, 4) is 66.8 Å². The zero-order valence-electron chi connectivity index (χ0n) is 36.5. The fourth-order valence-corrected chi connectivity index (χ4v) is 11.8. The van der Waals surface area contributed by atoms with E-state index < -0.39 is 5.41 Å². The van der Waals surface area contributed by atoms with Gasteiger partial charge in [0, 0.05) is 22.4 Å². The van der Waals surface area contributed by atoms with Gasteiger partial charge in [-0.25, -0.2) is 0 Å². The summed E-state index contributed by atoms with van der Waals surface area (Å²) in [6.07, 6.45) is 0. The summed E-state index contributed by atoms with van der Waals surface area (Å²) in [5, 5.41) is 0. The van der Waals surface area contributed by atoms with Crippen LogP contribution in [0.5, 0.6) is 0 Å². The van der Waals surface area contributed by atoms with E-state index in [1.54, 1.807) is 0 Å². The van der Waals surface area contributed by atoms with Crippen LogP contribution >= 0.6 is 0 Å². The maximum atomic E-state index is 2.54. The Morgan fingerprint density at radius 1 is 0.277 bits per heavy atom. The number of benzene rings is 10. The Labute approximate surface area is 381 Å². The second kappa shape index (κ2) is 14.3. The monoisotopic (exact) mass is 827 g/mol. The second-order valence-corrected chi connectivity index (χ2v) is 18.4. The summed E-state index contributed by atoms with van der Waals surface area (Å²) in [6, 6.07) is 88.4. The molecular formula is C64H45N. The van der Waals surface area contributed by atoms with E-state index in [-0.39, 0.29) is 5.41 Å². The van der Waals surface area contributed by atoms with Gasteiger partial charge in [-0.05, 0) is 131 Å². The van der Waals surface area contributed by atoms with Crippen LogP contribution in [0.25, 0.3) is 66.8 Å². The van der Waals surface area contributed by atoms with Crippen LogP contribution in [-0.2, 0) is 10.8 Å². The first-order chi connectivity index (χ1) is 32.0. The predicted octanol–water partition coefficient (Wildman–Crippen LogP) is 16.8. The van der Waals surface area contributed by atoms with Crippen LogP contribution < -0.4 is 4.90 Å². The quantitative estimate of drug-likeness (QED) is 0.161. The lowest BCUT2D eigenvalue weighted by Gasteiger charge is -2.33. The Balaban J connectivity index is 1.12. The standard InChI is InChI=1S/C64H45N/c1-63(2)55-29-15-12-26-50(55)52-37-34-46(40-58(52)63)65(61-32-17-14-25-48(61)43-21-8-4-9-22-43)47-35-38-54-60(41-47)64(57-31-18-28-49(62(54)57)44-23-10-5-11-24-44)56-30-16-13-27-51(56)53-36-33-45(39-59(53)64)42-19-6-3-7-20-42/h3-41H,1-2H3. The van der Waals surface area contributed by atoms with Crippen LogP contribution in [0.2, 0.25) is 0 Å². The van der Waals surface area contributed by atoms with Gasteiger partial charge < -0.3 is 4.90 Å². The molecule has 0 aliphatic heterocycles. The van der Waals surface area contributed by atoms with E-state index in [9.17, 15) is 0 Å². The first-order valence-corrected chi connectivity index (χ1v) is 22.8. The van der Waals surface area contributed by atoms with Crippen molar-refractivity contribution in [2.45, 2.75) is 24.7 Å². The molecule has 1 unspecified atom stereocenters. The van der Waals surface area contributed by atoms with Gasteiger partial charge in [0.25, 0.3) is 0 Å². The van der Waals surface area contributed by atoms with Crippen LogP contribution in [0, 0.1) is 0 Å². The average molecular weight is 828 g/mol. The molecule has 0 amide bonds. The molecule has 0 radical (unpaired) electrons. The zero-order valence-corrected chi connectivity index (χ0v) is 36.5. The Bertz CT molecular complexity index is 3510. The van der Waals surface area contributed by atoms with Crippen molar-refractivity contribution in [2.24, 2.45) is 0 Å². The fourth-order valence-electron chi connectivity index (χ4n) is 11.8.